The van der Waals surface area contributed by atoms with Gasteiger partial charge in [0.25, 0.3) is 0 Å². The number of nitrogens with zero attached hydrogens (tertiary/aromatic N) is 5. The number of guanidine groups is 1. The zero-order valence-electron chi connectivity index (χ0n) is 19.5. The molecule has 1 N–H and O–H groups in total. The molecule has 2 aliphatic rings. The molecule has 6 nitrogen and oxygen atoms in total. The van der Waals surface area contributed by atoms with Gasteiger partial charge in [0.05, 0.1) is 6.54 Å². The van der Waals surface area contributed by atoms with Crippen molar-refractivity contribution in [3.05, 3.63) is 42.0 Å². The number of nitrogens with one attached hydrogen (secondary N) is 1. The Labute approximate surface area is 206 Å². The van der Waals surface area contributed by atoms with Crippen molar-refractivity contribution in [2.45, 2.75) is 19.9 Å². The minimum absolute atomic E-state index is 0. The number of halogens is 1. The number of likely N-dealkylation sites (N-methyl/N-ethyl adjacent to an activating group) is 1. The van der Waals surface area contributed by atoms with E-state index in [9.17, 15) is 0 Å². The standard InChI is InChI=1S/C24H40N6.HI/c1-4-25-24(26-21-22(2)29-17-13-27(3)14-18-29)30-19-15-28(16-20-30)12-8-11-23-9-6-5-7-10-23;/h5-11,22H,4,12-21H2,1-3H3,(H,25,26);1H/b11-8+;. The Bertz CT molecular complexity index is 664. The Morgan fingerprint density at radius 1 is 1.03 bits per heavy atom. The fourth-order valence-corrected chi connectivity index (χ4v) is 4.07. The van der Waals surface area contributed by atoms with Crippen LogP contribution >= 0.6 is 24.0 Å². The fourth-order valence-electron chi connectivity index (χ4n) is 4.07. The highest BCUT2D eigenvalue weighted by atomic mass is 127. The predicted octanol–water partition coefficient (Wildman–Crippen LogP) is 2.54. The average Bonchev–Trinajstić information content (AvgIpc) is 2.78. The third-order valence-corrected chi connectivity index (χ3v) is 6.15. The third kappa shape index (κ3) is 8.71. The van der Waals surface area contributed by atoms with E-state index in [1.807, 2.05) is 0 Å². The molecule has 3 rings (SSSR count). The number of rotatable bonds is 7. The Kier molecular flexibility index (Phi) is 11.9. The summed E-state index contributed by atoms with van der Waals surface area (Å²) in [6.45, 7) is 16.1. The second kappa shape index (κ2) is 14.1. The van der Waals surface area contributed by atoms with Gasteiger partial charge in [-0.2, -0.15) is 0 Å². The molecule has 0 aliphatic carbocycles. The molecule has 0 spiro atoms. The molecular weight excluding hydrogens is 499 g/mol. The van der Waals surface area contributed by atoms with Gasteiger partial charge in [0, 0.05) is 71.5 Å². The number of piperazine rings is 2. The molecule has 174 valence electrons. The first-order valence-electron chi connectivity index (χ1n) is 11.6. The van der Waals surface area contributed by atoms with Crippen LogP contribution in [0.3, 0.4) is 0 Å². The minimum Gasteiger partial charge on any atom is -0.357 e. The molecule has 1 unspecified atom stereocenters. The van der Waals surface area contributed by atoms with E-state index in [4.69, 9.17) is 4.99 Å². The number of benzene rings is 1. The molecule has 1 atom stereocenters. The summed E-state index contributed by atoms with van der Waals surface area (Å²) in [7, 11) is 2.21. The van der Waals surface area contributed by atoms with Gasteiger partial charge in [-0.15, -0.1) is 24.0 Å². The summed E-state index contributed by atoms with van der Waals surface area (Å²) < 4.78 is 0. The van der Waals surface area contributed by atoms with Crippen LogP contribution in [0.4, 0.5) is 0 Å². The lowest BCUT2D eigenvalue weighted by Gasteiger charge is -2.37. The summed E-state index contributed by atoms with van der Waals surface area (Å²) >= 11 is 0. The quantitative estimate of drug-likeness (QED) is 0.327. The Balaban J connectivity index is 0.00000341. The van der Waals surface area contributed by atoms with Gasteiger partial charge < -0.3 is 15.1 Å². The van der Waals surface area contributed by atoms with Crippen molar-refractivity contribution < 1.29 is 0 Å². The third-order valence-electron chi connectivity index (χ3n) is 6.15. The Hall–Kier alpha value is -1.16. The molecule has 1 aromatic carbocycles. The molecule has 2 aliphatic heterocycles. The molecule has 0 radical (unpaired) electrons. The van der Waals surface area contributed by atoms with Gasteiger partial charge in [0.1, 0.15) is 0 Å². The van der Waals surface area contributed by atoms with E-state index >= 15 is 0 Å². The maximum absolute atomic E-state index is 5.00. The second-order valence-corrected chi connectivity index (χ2v) is 8.48. The molecule has 2 heterocycles. The van der Waals surface area contributed by atoms with Gasteiger partial charge >= 0.3 is 0 Å². The van der Waals surface area contributed by atoms with E-state index in [1.165, 1.54) is 5.56 Å². The van der Waals surface area contributed by atoms with Gasteiger partial charge in [-0.05, 0) is 26.5 Å². The van der Waals surface area contributed by atoms with Gasteiger partial charge in [-0.3, -0.25) is 14.8 Å². The van der Waals surface area contributed by atoms with Crippen LogP contribution in [-0.2, 0) is 0 Å². The Morgan fingerprint density at radius 2 is 1.71 bits per heavy atom. The first kappa shape index (κ1) is 26.1. The number of aliphatic imine (C=N–C) groups is 1. The van der Waals surface area contributed by atoms with E-state index in [2.05, 4.69) is 88.3 Å². The highest BCUT2D eigenvalue weighted by Crippen LogP contribution is 2.08. The summed E-state index contributed by atoms with van der Waals surface area (Å²) in [5.74, 6) is 1.08. The van der Waals surface area contributed by atoms with E-state index in [0.29, 0.717) is 6.04 Å². The van der Waals surface area contributed by atoms with Crippen LogP contribution in [0.2, 0.25) is 0 Å². The molecule has 0 aromatic heterocycles. The SMILES string of the molecule is CCNC(=NCC(C)N1CCN(C)CC1)N1CCN(C/C=C/c2ccccc2)CC1.I. The minimum atomic E-state index is 0. The number of hydrogen-bond acceptors (Lipinski definition) is 4. The van der Waals surface area contributed by atoms with Crippen molar-refractivity contribution in [2.24, 2.45) is 4.99 Å². The topological polar surface area (TPSA) is 37.4 Å². The molecule has 2 fully saturated rings. The van der Waals surface area contributed by atoms with Crippen molar-refractivity contribution >= 4 is 36.0 Å². The highest BCUT2D eigenvalue weighted by molar-refractivity contribution is 14.0. The molecule has 2 saturated heterocycles. The van der Waals surface area contributed by atoms with E-state index in [1.54, 1.807) is 0 Å². The lowest BCUT2D eigenvalue weighted by atomic mass is 10.2. The van der Waals surface area contributed by atoms with Gasteiger partial charge in [0.15, 0.2) is 5.96 Å². The molecule has 7 heteroatoms. The molecule has 0 amide bonds. The Morgan fingerprint density at radius 3 is 2.35 bits per heavy atom. The second-order valence-electron chi connectivity index (χ2n) is 8.48. The van der Waals surface area contributed by atoms with Crippen molar-refractivity contribution in [2.75, 3.05) is 79.0 Å². The van der Waals surface area contributed by atoms with E-state index < -0.39 is 0 Å². The van der Waals surface area contributed by atoms with Crippen molar-refractivity contribution in [3.8, 4) is 0 Å². The summed E-state index contributed by atoms with van der Waals surface area (Å²) in [5, 5.41) is 3.51. The summed E-state index contributed by atoms with van der Waals surface area (Å²) in [4.78, 5) is 14.9. The van der Waals surface area contributed by atoms with Crippen LogP contribution in [0.25, 0.3) is 6.08 Å². The maximum atomic E-state index is 5.00. The summed E-state index contributed by atoms with van der Waals surface area (Å²) in [6, 6.07) is 11.0. The lowest BCUT2D eigenvalue weighted by molar-refractivity contribution is 0.121. The summed E-state index contributed by atoms with van der Waals surface area (Å²) in [6.07, 6.45) is 4.50. The smallest absolute Gasteiger partial charge is 0.194 e. The fraction of sp³-hybridized carbons (Fsp3) is 0.625. The van der Waals surface area contributed by atoms with Gasteiger partial charge in [-0.25, -0.2) is 0 Å². The molecule has 0 saturated carbocycles. The zero-order valence-corrected chi connectivity index (χ0v) is 21.9. The van der Waals surface area contributed by atoms with Crippen LogP contribution in [0, 0.1) is 0 Å². The van der Waals surface area contributed by atoms with Crippen molar-refractivity contribution in [1.29, 1.82) is 0 Å². The molecular formula is C24H41IN6. The van der Waals surface area contributed by atoms with Gasteiger partial charge in [-0.1, -0.05) is 42.5 Å². The lowest BCUT2D eigenvalue weighted by Crippen LogP contribution is -2.53. The van der Waals surface area contributed by atoms with Crippen molar-refractivity contribution in [1.82, 2.24) is 24.9 Å². The van der Waals surface area contributed by atoms with Gasteiger partial charge in [0.2, 0.25) is 0 Å². The largest absolute Gasteiger partial charge is 0.357 e. The monoisotopic (exact) mass is 540 g/mol. The number of hydrogen-bond donors (Lipinski definition) is 1. The zero-order chi connectivity index (χ0) is 21.2. The maximum Gasteiger partial charge on any atom is 0.194 e. The van der Waals surface area contributed by atoms with Crippen LogP contribution in [0.15, 0.2) is 41.4 Å². The highest BCUT2D eigenvalue weighted by Gasteiger charge is 2.21. The first-order valence-corrected chi connectivity index (χ1v) is 11.6. The van der Waals surface area contributed by atoms with Crippen molar-refractivity contribution in [3.63, 3.8) is 0 Å². The molecule has 31 heavy (non-hydrogen) atoms. The van der Waals surface area contributed by atoms with Crippen LogP contribution in [0.1, 0.15) is 19.4 Å². The summed E-state index contributed by atoms with van der Waals surface area (Å²) in [5.41, 5.74) is 1.27. The molecule has 1 aromatic rings. The van der Waals surface area contributed by atoms with E-state index in [-0.39, 0.29) is 24.0 Å². The van der Waals surface area contributed by atoms with Crippen LogP contribution in [0.5, 0.6) is 0 Å². The van der Waals surface area contributed by atoms with Crippen LogP contribution < -0.4 is 5.32 Å². The van der Waals surface area contributed by atoms with E-state index in [0.717, 1.165) is 78.0 Å². The predicted molar refractivity (Wildman–Crippen MR) is 143 cm³/mol. The molecule has 0 bridgehead atoms. The first-order chi connectivity index (χ1) is 14.7. The van der Waals surface area contributed by atoms with Crippen LogP contribution in [-0.4, -0.2) is 111 Å². The normalized spacial score (nSPS) is 20.6. The average molecular weight is 541 g/mol.